The first-order valence-electron chi connectivity index (χ1n) is 6.79. The molecule has 116 valence electrons. The van der Waals surface area contributed by atoms with E-state index in [4.69, 9.17) is 4.74 Å². The van der Waals surface area contributed by atoms with Gasteiger partial charge in [-0.25, -0.2) is 13.1 Å². The van der Waals surface area contributed by atoms with Crippen molar-refractivity contribution in [1.82, 2.24) is 10.0 Å². The third-order valence-corrected chi connectivity index (χ3v) is 4.42. The van der Waals surface area contributed by atoms with Crippen LogP contribution in [0.2, 0.25) is 0 Å². The van der Waals surface area contributed by atoms with Gasteiger partial charge in [0.05, 0.1) is 18.5 Å². The minimum atomic E-state index is -3.17. The summed E-state index contributed by atoms with van der Waals surface area (Å²) >= 11 is 0. The van der Waals surface area contributed by atoms with Gasteiger partial charge in [-0.1, -0.05) is 0 Å². The van der Waals surface area contributed by atoms with E-state index in [1.807, 2.05) is 13.8 Å². The minimum absolute atomic E-state index is 0. The van der Waals surface area contributed by atoms with Gasteiger partial charge in [0, 0.05) is 6.54 Å². The first kappa shape index (κ1) is 19.1. The van der Waals surface area contributed by atoms with Crippen LogP contribution in [0.1, 0.15) is 33.1 Å². The highest BCUT2D eigenvalue weighted by Crippen LogP contribution is 2.12. The van der Waals surface area contributed by atoms with Crippen molar-refractivity contribution >= 4 is 22.4 Å². The van der Waals surface area contributed by atoms with Crippen molar-refractivity contribution in [2.75, 3.05) is 32.0 Å². The van der Waals surface area contributed by atoms with E-state index in [-0.39, 0.29) is 30.9 Å². The Kier molecular flexibility index (Phi) is 10.00. The second-order valence-corrected chi connectivity index (χ2v) is 7.06. The van der Waals surface area contributed by atoms with Crippen LogP contribution in [0, 0.1) is 5.92 Å². The summed E-state index contributed by atoms with van der Waals surface area (Å²) in [6.45, 7) is 6.70. The van der Waals surface area contributed by atoms with Gasteiger partial charge < -0.3 is 10.1 Å². The summed E-state index contributed by atoms with van der Waals surface area (Å²) in [6.07, 6.45) is 3.38. The van der Waals surface area contributed by atoms with Crippen LogP contribution in [0.5, 0.6) is 0 Å². The molecule has 1 saturated heterocycles. The van der Waals surface area contributed by atoms with Gasteiger partial charge in [-0.15, -0.1) is 12.4 Å². The number of halogens is 1. The maximum Gasteiger partial charge on any atom is 0.213 e. The Hall–Kier alpha value is 0.120. The lowest BCUT2D eigenvalue weighted by atomic mass is 9.96. The van der Waals surface area contributed by atoms with Gasteiger partial charge in [-0.3, -0.25) is 0 Å². The molecule has 0 amide bonds. The molecule has 0 aromatic rings. The predicted octanol–water partition coefficient (Wildman–Crippen LogP) is 1.14. The maximum absolute atomic E-state index is 11.6. The van der Waals surface area contributed by atoms with Crippen molar-refractivity contribution in [2.45, 2.75) is 39.2 Å². The standard InChI is InChI=1S/C12H26N2O3S.ClH/c1-11(2)17-8-9-18(15,16)14-7-5-12-4-3-6-13-10-12;/h11-14H,3-10H2,1-2H3;1H. The van der Waals surface area contributed by atoms with Crippen molar-refractivity contribution in [2.24, 2.45) is 5.92 Å². The van der Waals surface area contributed by atoms with E-state index in [0.717, 1.165) is 19.5 Å². The van der Waals surface area contributed by atoms with Gasteiger partial charge in [-0.05, 0) is 52.1 Å². The van der Waals surface area contributed by atoms with Gasteiger partial charge >= 0.3 is 0 Å². The lowest BCUT2D eigenvalue weighted by molar-refractivity contribution is 0.0911. The fourth-order valence-electron chi connectivity index (χ4n) is 2.05. The van der Waals surface area contributed by atoms with Crippen LogP contribution < -0.4 is 10.0 Å². The van der Waals surface area contributed by atoms with Crippen molar-refractivity contribution < 1.29 is 13.2 Å². The molecule has 0 bridgehead atoms. The largest absolute Gasteiger partial charge is 0.378 e. The summed E-state index contributed by atoms with van der Waals surface area (Å²) in [5, 5.41) is 3.33. The van der Waals surface area contributed by atoms with Gasteiger partial charge in [0.2, 0.25) is 10.0 Å². The van der Waals surface area contributed by atoms with Crippen LogP contribution in [0.25, 0.3) is 0 Å². The van der Waals surface area contributed by atoms with Crippen molar-refractivity contribution in [3.8, 4) is 0 Å². The van der Waals surface area contributed by atoms with Crippen LogP contribution in [-0.4, -0.2) is 46.5 Å². The Balaban J connectivity index is 0.00000324. The fourth-order valence-corrected chi connectivity index (χ4v) is 2.94. The summed E-state index contributed by atoms with van der Waals surface area (Å²) in [5.74, 6) is 0.655. The molecule has 2 N–H and O–H groups in total. The molecule has 0 spiro atoms. The summed E-state index contributed by atoms with van der Waals surface area (Å²) in [7, 11) is -3.17. The zero-order chi connectivity index (χ0) is 13.4. The van der Waals surface area contributed by atoms with E-state index in [1.54, 1.807) is 0 Å². The lowest BCUT2D eigenvalue weighted by Crippen LogP contribution is -2.34. The van der Waals surface area contributed by atoms with E-state index in [1.165, 1.54) is 12.8 Å². The first-order valence-corrected chi connectivity index (χ1v) is 8.44. The zero-order valence-electron chi connectivity index (χ0n) is 11.9. The SMILES string of the molecule is CC(C)OCCS(=O)(=O)NCCC1CCCNC1.Cl. The van der Waals surface area contributed by atoms with Crippen molar-refractivity contribution in [1.29, 1.82) is 0 Å². The second kappa shape index (κ2) is 9.94. The third kappa shape index (κ3) is 9.62. The average molecular weight is 315 g/mol. The van der Waals surface area contributed by atoms with Gasteiger partial charge in [0.15, 0.2) is 0 Å². The molecular weight excluding hydrogens is 288 g/mol. The van der Waals surface area contributed by atoms with E-state index in [9.17, 15) is 8.42 Å². The Morgan fingerprint density at radius 3 is 2.74 bits per heavy atom. The molecule has 0 aromatic carbocycles. The summed E-state index contributed by atoms with van der Waals surface area (Å²) in [4.78, 5) is 0. The Morgan fingerprint density at radius 1 is 1.42 bits per heavy atom. The molecule has 1 unspecified atom stereocenters. The highest BCUT2D eigenvalue weighted by Gasteiger charge is 2.15. The van der Waals surface area contributed by atoms with E-state index >= 15 is 0 Å². The van der Waals surface area contributed by atoms with Crippen molar-refractivity contribution in [3.63, 3.8) is 0 Å². The van der Waals surface area contributed by atoms with E-state index in [0.29, 0.717) is 12.5 Å². The summed E-state index contributed by atoms with van der Waals surface area (Å²) < 4.78 is 31.2. The molecule has 1 rings (SSSR count). The molecule has 0 radical (unpaired) electrons. The monoisotopic (exact) mass is 314 g/mol. The van der Waals surface area contributed by atoms with Crippen LogP contribution in [0.15, 0.2) is 0 Å². The second-order valence-electron chi connectivity index (χ2n) is 5.13. The summed E-state index contributed by atoms with van der Waals surface area (Å²) in [6, 6.07) is 0. The summed E-state index contributed by atoms with van der Waals surface area (Å²) in [5.41, 5.74) is 0. The number of hydrogen-bond acceptors (Lipinski definition) is 4. The van der Waals surface area contributed by atoms with Crippen LogP contribution >= 0.6 is 12.4 Å². The average Bonchev–Trinajstić information content (AvgIpc) is 2.29. The maximum atomic E-state index is 11.6. The number of nitrogens with one attached hydrogen (secondary N) is 2. The molecule has 1 aliphatic rings. The zero-order valence-corrected chi connectivity index (χ0v) is 13.5. The van der Waals surface area contributed by atoms with Gasteiger partial charge in [-0.2, -0.15) is 0 Å². The highest BCUT2D eigenvalue weighted by atomic mass is 35.5. The van der Waals surface area contributed by atoms with Crippen LogP contribution in [0.4, 0.5) is 0 Å². The number of hydrogen-bond donors (Lipinski definition) is 2. The molecule has 7 heteroatoms. The van der Waals surface area contributed by atoms with Crippen LogP contribution in [0.3, 0.4) is 0 Å². The molecule has 0 aromatic heterocycles. The Morgan fingerprint density at radius 2 is 2.16 bits per heavy atom. The number of piperidine rings is 1. The predicted molar refractivity (Wildman–Crippen MR) is 80.3 cm³/mol. The normalized spacial score (nSPS) is 20.3. The number of ether oxygens (including phenoxy) is 1. The van der Waals surface area contributed by atoms with Crippen molar-refractivity contribution in [3.05, 3.63) is 0 Å². The quantitative estimate of drug-likeness (QED) is 0.705. The molecule has 1 heterocycles. The minimum Gasteiger partial charge on any atom is -0.378 e. The molecule has 0 saturated carbocycles. The third-order valence-electron chi connectivity index (χ3n) is 3.08. The van der Waals surface area contributed by atoms with Gasteiger partial charge in [0.1, 0.15) is 0 Å². The molecule has 19 heavy (non-hydrogen) atoms. The Labute approximate surface area is 123 Å². The molecule has 0 aliphatic carbocycles. The molecule has 1 atom stereocenters. The highest BCUT2D eigenvalue weighted by molar-refractivity contribution is 7.89. The molecule has 1 fully saturated rings. The first-order chi connectivity index (χ1) is 8.49. The lowest BCUT2D eigenvalue weighted by Gasteiger charge is -2.22. The smallest absolute Gasteiger partial charge is 0.213 e. The van der Waals surface area contributed by atoms with Crippen LogP contribution in [-0.2, 0) is 14.8 Å². The number of rotatable bonds is 8. The molecule has 5 nitrogen and oxygen atoms in total. The topological polar surface area (TPSA) is 67.4 Å². The van der Waals surface area contributed by atoms with Gasteiger partial charge in [0.25, 0.3) is 0 Å². The fraction of sp³-hybridized carbons (Fsp3) is 1.00. The van der Waals surface area contributed by atoms with E-state index in [2.05, 4.69) is 10.0 Å². The number of sulfonamides is 1. The Bertz CT molecular complexity index is 317. The molecule has 1 aliphatic heterocycles. The van der Waals surface area contributed by atoms with E-state index < -0.39 is 10.0 Å². The molecular formula is C12H27ClN2O3S.